The lowest BCUT2D eigenvalue weighted by molar-refractivity contribution is -0.114. The number of rotatable bonds is 3. The fraction of sp³-hybridized carbons (Fsp3) is 0.308. The zero-order valence-corrected chi connectivity index (χ0v) is 18.3. The number of anilines is 2. The molecule has 1 fully saturated rings. The molecule has 0 atom stereocenters. The highest BCUT2D eigenvalue weighted by molar-refractivity contribution is 6.06. The van der Waals surface area contributed by atoms with Crippen LogP contribution in [0.5, 0.6) is 0 Å². The monoisotopic (exact) mass is 430 g/mol. The maximum atomic E-state index is 13.3. The van der Waals surface area contributed by atoms with Gasteiger partial charge in [0.2, 0.25) is 5.91 Å². The molecule has 1 N–H and O–H groups in total. The number of nitrogens with one attached hydrogen (secondary N) is 1. The maximum Gasteiger partial charge on any atom is 0.294 e. The van der Waals surface area contributed by atoms with Crippen molar-refractivity contribution in [1.29, 1.82) is 0 Å². The van der Waals surface area contributed by atoms with E-state index in [1.54, 1.807) is 6.07 Å². The highest BCUT2D eigenvalue weighted by Gasteiger charge is 2.46. The van der Waals surface area contributed by atoms with Gasteiger partial charge in [0.1, 0.15) is 5.76 Å². The van der Waals surface area contributed by atoms with Crippen molar-refractivity contribution >= 4 is 23.2 Å². The third-order valence-electron chi connectivity index (χ3n) is 6.48. The summed E-state index contributed by atoms with van der Waals surface area (Å²) in [5.41, 5.74) is 4.84. The number of benzene rings is 2. The van der Waals surface area contributed by atoms with Crippen LogP contribution in [0, 0.1) is 6.92 Å². The van der Waals surface area contributed by atoms with Crippen LogP contribution in [0.1, 0.15) is 41.6 Å². The van der Waals surface area contributed by atoms with Crippen molar-refractivity contribution in [3.8, 4) is 11.1 Å². The van der Waals surface area contributed by atoms with E-state index in [2.05, 4.69) is 11.4 Å². The molecule has 2 amide bonds. The number of carbonyl (C=O) groups is 2. The van der Waals surface area contributed by atoms with Gasteiger partial charge < -0.3 is 19.4 Å². The molecule has 6 nitrogen and oxygen atoms in total. The lowest BCUT2D eigenvalue weighted by Gasteiger charge is -2.34. The SMILES string of the molecule is CC(=O)Nc1cccc(-c2ccc3c(c2)C2(CCOCC2)CN3C(=O)c2ccc(C)o2)c1. The van der Waals surface area contributed by atoms with E-state index in [1.807, 2.05) is 54.3 Å². The van der Waals surface area contributed by atoms with Gasteiger partial charge in [-0.15, -0.1) is 0 Å². The van der Waals surface area contributed by atoms with Gasteiger partial charge in [-0.05, 0) is 72.9 Å². The minimum Gasteiger partial charge on any atom is -0.456 e. The standard InChI is InChI=1S/C26H26N2O4/c1-17-6-9-24(32-17)25(30)28-16-26(10-12-31-13-11-26)22-15-20(7-8-23(22)28)19-4-3-5-21(14-19)27-18(2)29/h3-9,14-15H,10-13,16H2,1-2H3,(H,27,29). The molecule has 1 saturated heterocycles. The van der Waals surface area contributed by atoms with Gasteiger partial charge in [-0.1, -0.05) is 18.2 Å². The van der Waals surface area contributed by atoms with Gasteiger partial charge in [0.05, 0.1) is 0 Å². The molecular weight excluding hydrogens is 404 g/mol. The van der Waals surface area contributed by atoms with E-state index < -0.39 is 0 Å². The van der Waals surface area contributed by atoms with E-state index in [-0.39, 0.29) is 17.2 Å². The van der Waals surface area contributed by atoms with Crippen molar-refractivity contribution in [3.63, 3.8) is 0 Å². The van der Waals surface area contributed by atoms with E-state index >= 15 is 0 Å². The van der Waals surface area contributed by atoms with Crippen molar-refractivity contribution in [2.75, 3.05) is 30.0 Å². The zero-order chi connectivity index (χ0) is 22.3. The third-order valence-corrected chi connectivity index (χ3v) is 6.48. The van der Waals surface area contributed by atoms with Crippen molar-refractivity contribution in [2.45, 2.75) is 32.1 Å². The third kappa shape index (κ3) is 3.60. The first kappa shape index (κ1) is 20.5. The van der Waals surface area contributed by atoms with Gasteiger partial charge in [-0.3, -0.25) is 9.59 Å². The zero-order valence-electron chi connectivity index (χ0n) is 18.3. The van der Waals surface area contributed by atoms with Crippen LogP contribution in [0.4, 0.5) is 11.4 Å². The molecule has 0 bridgehead atoms. The van der Waals surface area contributed by atoms with Gasteiger partial charge in [-0.2, -0.15) is 0 Å². The molecule has 2 aliphatic rings. The molecule has 6 heteroatoms. The Kier molecular flexibility index (Phi) is 5.10. The molecule has 0 unspecified atom stereocenters. The minimum atomic E-state index is -0.129. The molecular formula is C26H26N2O4. The van der Waals surface area contributed by atoms with Crippen LogP contribution in [-0.4, -0.2) is 31.6 Å². The van der Waals surface area contributed by atoms with Crippen LogP contribution in [-0.2, 0) is 14.9 Å². The normalized spacial score (nSPS) is 16.8. The number of carbonyl (C=O) groups excluding carboxylic acids is 2. The summed E-state index contributed by atoms with van der Waals surface area (Å²) in [5.74, 6) is 0.885. The van der Waals surface area contributed by atoms with E-state index in [0.717, 1.165) is 41.1 Å². The van der Waals surface area contributed by atoms with Crippen LogP contribution >= 0.6 is 0 Å². The predicted molar refractivity (Wildman–Crippen MR) is 123 cm³/mol. The second kappa shape index (κ2) is 7.95. The number of nitrogens with zero attached hydrogens (tertiary/aromatic N) is 1. The first-order valence-electron chi connectivity index (χ1n) is 10.9. The molecule has 2 aromatic carbocycles. The molecule has 1 spiro atoms. The number of hydrogen-bond acceptors (Lipinski definition) is 4. The fourth-order valence-electron chi connectivity index (χ4n) is 4.88. The van der Waals surface area contributed by atoms with Crippen molar-refractivity contribution in [2.24, 2.45) is 0 Å². The van der Waals surface area contributed by atoms with Gasteiger partial charge in [0, 0.05) is 43.5 Å². The van der Waals surface area contributed by atoms with Crippen molar-refractivity contribution in [3.05, 3.63) is 71.7 Å². The van der Waals surface area contributed by atoms with Crippen molar-refractivity contribution in [1.82, 2.24) is 0 Å². The number of aryl methyl sites for hydroxylation is 1. The molecule has 3 aromatic rings. The maximum absolute atomic E-state index is 13.3. The average Bonchev–Trinajstić information content (AvgIpc) is 3.35. The summed E-state index contributed by atoms with van der Waals surface area (Å²) >= 11 is 0. The Morgan fingerprint density at radius 2 is 1.78 bits per heavy atom. The quantitative estimate of drug-likeness (QED) is 0.640. The van der Waals surface area contributed by atoms with E-state index in [0.29, 0.717) is 25.5 Å². The lowest BCUT2D eigenvalue weighted by atomic mass is 9.75. The molecule has 5 rings (SSSR count). The molecule has 32 heavy (non-hydrogen) atoms. The molecule has 2 aliphatic heterocycles. The van der Waals surface area contributed by atoms with Crippen LogP contribution in [0.3, 0.4) is 0 Å². The summed E-state index contributed by atoms with van der Waals surface area (Å²) in [6.45, 7) is 5.34. The molecule has 0 aliphatic carbocycles. The summed E-state index contributed by atoms with van der Waals surface area (Å²) < 4.78 is 11.3. The van der Waals surface area contributed by atoms with Crippen LogP contribution in [0.2, 0.25) is 0 Å². The van der Waals surface area contributed by atoms with Crippen LogP contribution in [0.25, 0.3) is 11.1 Å². The number of fused-ring (bicyclic) bond motifs is 2. The Morgan fingerprint density at radius 1 is 1.00 bits per heavy atom. The first-order chi connectivity index (χ1) is 15.4. The fourth-order valence-corrected chi connectivity index (χ4v) is 4.88. The Hall–Kier alpha value is -3.38. The predicted octanol–water partition coefficient (Wildman–Crippen LogP) is 4.92. The highest BCUT2D eigenvalue weighted by Crippen LogP contribution is 2.48. The van der Waals surface area contributed by atoms with Gasteiger partial charge in [0.25, 0.3) is 5.91 Å². The van der Waals surface area contributed by atoms with E-state index in [9.17, 15) is 9.59 Å². The van der Waals surface area contributed by atoms with Crippen LogP contribution in [0.15, 0.2) is 59.0 Å². The molecule has 3 heterocycles. The summed E-state index contributed by atoms with van der Waals surface area (Å²) in [6, 6.07) is 17.7. The lowest BCUT2D eigenvalue weighted by Crippen LogP contribution is -2.40. The summed E-state index contributed by atoms with van der Waals surface area (Å²) in [6.07, 6.45) is 1.74. The first-order valence-corrected chi connectivity index (χ1v) is 10.9. The average molecular weight is 431 g/mol. The number of furan rings is 1. The van der Waals surface area contributed by atoms with E-state index in [4.69, 9.17) is 9.15 Å². The second-order valence-electron chi connectivity index (χ2n) is 8.69. The largest absolute Gasteiger partial charge is 0.456 e. The highest BCUT2D eigenvalue weighted by atomic mass is 16.5. The van der Waals surface area contributed by atoms with Gasteiger partial charge in [-0.25, -0.2) is 0 Å². The summed E-state index contributed by atoms with van der Waals surface area (Å²) in [7, 11) is 0. The minimum absolute atomic E-state index is 0.0976. The van der Waals surface area contributed by atoms with Crippen LogP contribution < -0.4 is 10.2 Å². The Labute approximate surface area is 187 Å². The Bertz CT molecular complexity index is 1190. The molecule has 164 valence electrons. The molecule has 0 saturated carbocycles. The number of hydrogen-bond donors (Lipinski definition) is 1. The number of amides is 2. The van der Waals surface area contributed by atoms with Gasteiger partial charge >= 0.3 is 0 Å². The molecule has 0 radical (unpaired) electrons. The Balaban J connectivity index is 1.56. The molecule has 1 aromatic heterocycles. The topological polar surface area (TPSA) is 71.8 Å². The Morgan fingerprint density at radius 3 is 2.50 bits per heavy atom. The smallest absolute Gasteiger partial charge is 0.294 e. The summed E-state index contributed by atoms with van der Waals surface area (Å²) in [5, 5.41) is 2.85. The second-order valence-corrected chi connectivity index (χ2v) is 8.69. The summed E-state index contributed by atoms with van der Waals surface area (Å²) in [4.78, 5) is 26.6. The number of ether oxygens (including phenoxy) is 1. The van der Waals surface area contributed by atoms with E-state index in [1.165, 1.54) is 12.5 Å². The van der Waals surface area contributed by atoms with Crippen molar-refractivity contribution < 1.29 is 18.7 Å². The van der Waals surface area contributed by atoms with Gasteiger partial charge in [0.15, 0.2) is 5.76 Å².